The Morgan fingerprint density at radius 3 is 2.53 bits per heavy atom. The van der Waals surface area contributed by atoms with Crippen molar-refractivity contribution in [3.63, 3.8) is 0 Å². The molecule has 8 heteroatoms. The molecule has 4 aromatic rings. The summed E-state index contributed by atoms with van der Waals surface area (Å²) in [5.41, 5.74) is 5.67. The minimum absolute atomic E-state index is 0.0323. The Kier molecular flexibility index (Phi) is 5.48. The van der Waals surface area contributed by atoms with Crippen LogP contribution in [0.2, 0.25) is 0 Å². The summed E-state index contributed by atoms with van der Waals surface area (Å²) in [5.74, 6) is -0.587. The Hall–Kier alpha value is -3.52. The van der Waals surface area contributed by atoms with Gasteiger partial charge in [0.25, 0.3) is 5.91 Å². The summed E-state index contributed by atoms with van der Waals surface area (Å²) in [7, 11) is -3.10. The van der Waals surface area contributed by atoms with Gasteiger partial charge < -0.3 is 9.88 Å². The Labute approximate surface area is 197 Å². The standard InChI is InChI=1S/C26H24FN3O3S/c1-16-11-17(2)28-24(12-16)23-14-30(21-6-4-19(27)5-7-21)25-13-18(3-8-22(23)25)26(31)29-20-9-10-34(32,33)15-20/h3-8,11-14,20H,9-10,15H2,1-2H3,(H,29,31). The molecule has 0 saturated carbocycles. The van der Waals surface area contributed by atoms with E-state index in [0.29, 0.717) is 12.0 Å². The van der Waals surface area contributed by atoms with Gasteiger partial charge in [-0.05, 0) is 74.4 Å². The van der Waals surface area contributed by atoms with Crippen molar-refractivity contribution in [2.75, 3.05) is 11.5 Å². The largest absolute Gasteiger partial charge is 0.348 e. The third-order valence-electron chi connectivity index (χ3n) is 6.11. The highest BCUT2D eigenvalue weighted by Gasteiger charge is 2.29. The Balaban J connectivity index is 1.61. The van der Waals surface area contributed by atoms with Gasteiger partial charge in [0.15, 0.2) is 9.84 Å². The average molecular weight is 478 g/mol. The number of benzene rings is 2. The molecular formula is C26H24FN3O3S. The van der Waals surface area contributed by atoms with Gasteiger partial charge in [0.1, 0.15) is 5.82 Å². The molecule has 6 nitrogen and oxygen atoms in total. The van der Waals surface area contributed by atoms with Gasteiger partial charge in [-0.25, -0.2) is 12.8 Å². The zero-order valence-electron chi connectivity index (χ0n) is 18.9. The molecule has 1 amide bonds. The van der Waals surface area contributed by atoms with Gasteiger partial charge >= 0.3 is 0 Å². The van der Waals surface area contributed by atoms with E-state index in [1.165, 1.54) is 12.1 Å². The molecule has 0 bridgehead atoms. The first-order chi connectivity index (χ1) is 16.2. The minimum atomic E-state index is -3.10. The first-order valence-electron chi connectivity index (χ1n) is 11.1. The van der Waals surface area contributed by atoms with Gasteiger partial charge in [0, 0.05) is 40.1 Å². The molecule has 34 heavy (non-hydrogen) atoms. The van der Waals surface area contributed by atoms with E-state index in [9.17, 15) is 17.6 Å². The van der Waals surface area contributed by atoms with Crippen LogP contribution in [-0.4, -0.2) is 41.4 Å². The molecule has 2 aromatic heterocycles. The van der Waals surface area contributed by atoms with Crippen LogP contribution in [-0.2, 0) is 9.84 Å². The van der Waals surface area contributed by atoms with E-state index in [1.807, 2.05) is 42.8 Å². The van der Waals surface area contributed by atoms with Crippen molar-refractivity contribution in [2.24, 2.45) is 0 Å². The van der Waals surface area contributed by atoms with Crippen LogP contribution in [0.5, 0.6) is 0 Å². The molecule has 1 N–H and O–H groups in total. The van der Waals surface area contributed by atoms with E-state index in [2.05, 4.69) is 5.32 Å². The summed E-state index contributed by atoms with van der Waals surface area (Å²) in [6.07, 6.45) is 2.37. The number of pyridine rings is 1. The van der Waals surface area contributed by atoms with Crippen LogP contribution in [0.4, 0.5) is 4.39 Å². The number of hydrogen-bond acceptors (Lipinski definition) is 4. The van der Waals surface area contributed by atoms with E-state index in [1.54, 1.807) is 24.3 Å². The summed E-state index contributed by atoms with van der Waals surface area (Å²) in [6.45, 7) is 3.96. The van der Waals surface area contributed by atoms with Crippen molar-refractivity contribution in [3.05, 3.63) is 83.4 Å². The molecule has 1 aliphatic rings. The van der Waals surface area contributed by atoms with E-state index in [-0.39, 0.29) is 29.3 Å². The van der Waals surface area contributed by atoms with Crippen molar-refractivity contribution in [1.29, 1.82) is 0 Å². The fourth-order valence-corrected chi connectivity index (χ4v) is 6.22. The molecule has 2 aromatic carbocycles. The topological polar surface area (TPSA) is 81.1 Å². The number of hydrogen-bond donors (Lipinski definition) is 1. The molecule has 1 fully saturated rings. The van der Waals surface area contributed by atoms with Crippen molar-refractivity contribution in [1.82, 2.24) is 14.9 Å². The highest BCUT2D eigenvalue weighted by molar-refractivity contribution is 7.91. The maximum atomic E-state index is 13.6. The Bertz CT molecular complexity index is 1500. The number of aromatic nitrogens is 2. The number of aryl methyl sites for hydroxylation is 2. The van der Waals surface area contributed by atoms with Crippen LogP contribution in [0.3, 0.4) is 0 Å². The van der Waals surface area contributed by atoms with Crippen molar-refractivity contribution in [3.8, 4) is 16.9 Å². The summed E-state index contributed by atoms with van der Waals surface area (Å²) >= 11 is 0. The fraction of sp³-hybridized carbons (Fsp3) is 0.231. The zero-order valence-corrected chi connectivity index (χ0v) is 19.7. The second-order valence-corrected chi connectivity index (χ2v) is 11.1. The maximum absolute atomic E-state index is 13.6. The number of nitrogens with zero attached hydrogens (tertiary/aromatic N) is 2. The number of rotatable bonds is 4. The molecule has 1 atom stereocenters. The zero-order chi connectivity index (χ0) is 24.0. The molecule has 0 spiro atoms. The van der Waals surface area contributed by atoms with Crippen LogP contribution >= 0.6 is 0 Å². The number of halogens is 1. The predicted molar refractivity (Wildman–Crippen MR) is 130 cm³/mol. The first-order valence-corrected chi connectivity index (χ1v) is 12.9. The van der Waals surface area contributed by atoms with Gasteiger partial charge in [0.2, 0.25) is 0 Å². The highest BCUT2D eigenvalue weighted by atomic mass is 32.2. The summed E-state index contributed by atoms with van der Waals surface area (Å²) in [5, 5.41) is 3.75. The number of carbonyl (C=O) groups excluding carboxylic acids is 1. The molecule has 1 aliphatic heterocycles. The molecular weight excluding hydrogens is 453 g/mol. The second kappa shape index (κ2) is 8.36. The van der Waals surface area contributed by atoms with Crippen LogP contribution in [0, 0.1) is 19.7 Å². The molecule has 1 saturated heterocycles. The number of carbonyl (C=O) groups is 1. The van der Waals surface area contributed by atoms with E-state index < -0.39 is 9.84 Å². The van der Waals surface area contributed by atoms with Gasteiger partial charge in [-0.2, -0.15) is 0 Å². The van der Waals surface area contributed by atoms with Crippen LogP contribution in [0.25, 0.3) is 27.8 Å². The van der Waals surface area contributed by atoms with E-state index in [4.69, 9.17) is 4.98 Å². The summed E-state index contributed by atoms with van der Waals surface area (Å²) in [4.78, 5) is 17.6. The molecule has 3 heterocycles. The fourth-order valence-electron chi connectivity index (χ4n) is 4.54. The van der Waals surface area contributed by atoms with Crippen molar-refractivity contribution >= 4 is 26.6 Å². The lowest BCUT2D eigenvalue weighted by atomic mass is 10.1. The SMILES string of the molecule is Cc1cc(C)nc(-c2cn(-c3ccc(F)cc3)c3cc(C(=O)NC4CCS(=O)(=O)C4)ccc23)c1. The highest BCUT2D eigenvalue weighted by Crippen LogP contribution is 2.33. The third kappa shape index (κ3) is 4.33. The van der Waals surface area contributed by atoms with Crippen LogP contribution < -0.4 is 5.32 Å². The second-order valence-electron chi connectivity index (χ2n) is 8.87. The summed E-state index contributed by atoms with van der Waals surface area (Å²) < 4.78 is 39.0. The lowest BCUT2D eigenvalue weighted by Gasteiger charge is -2.12. The first kappa shape index (κ1) is 22.3. The van der Waals surface area contributed by atoms with E-state index in [0.717, 1.165) is 39.1 Å². The Morgan fingerprint density at radius 1 is 1.09 bits per heavy atom. The lowest BCUT2D eigenvalue weighted by molar-refractivity contribution is 0.0941. The van der Waals surface area contributed by atoms with Crippen LogP contribution in [0.15, 0.2) is 60.8 Å². The normalized spacial score (nSPS) is 17.2. The quantitative estimate of drug-likeness (QED) is 0.473. The predicted octanol–water partition coefficient (Wildman–Crippen LogP) is 4.37. The molecule has 1 unspecified atom stereocenters. The van der Waals surface area contributed by atoms with Gasteiger partial charge in [0.05, 0.1) is 22.7 Å². The molecule has 174 valence electrons. The average Bonchev–Trinajstić information content (AvgIpc) is 3.32. The molecule has 0 radical (unpaired) electrons. The number of nitrogens with one attached hydrogen (secondary N) is 1. The smallest absolute Gasteiger partial charge is 0.251 e. The monoisotopic (exact) mass is 477 g/mol. The van der Waals surface area contributed by atoms with E-state index >= 15 is 0 Å². The van der Waals surface area contributed by atoms with Crippen LogP contribution in [0.1, 0.15) is 28.0 Å². The maximum Gasteiger partial charge on any atom is 0.251 e. The van der Waals surface area contributed by atoms with Crippen molar-refractivity contribution < 1.29 is 17.6 Å². The number of fused-ring (bicyclic) bond motifs is 1. The Morgan fingerprint density at radius 2 is 1.85 bits per heavy atom. The minimum Gasteiger partial charge on any atom is -0.348 e. The van der Waals surface area contributed by atoms with Gasteiger partial charge in [-0.3, -0.25) is 9.78 Å². The molecule has 0 aliphatic carbocycles. The number of sulfone groups is 1. The molecule has 5 rings (SSSR count). The third-order valence-corrected chi connectivity index (χ3v) is 7.88. The van der Waals surface area contributed by atoms with Gasteiger partial charge in [-0.1, -0.05) is 6.07 Å². The van der Waals surface area contributed by atoms with Crippen molar-refractivity contribution in [2.45, 2.75) is 26.3 Å². The lowest BCUT2D eigenvalue weighted by Crippen LogP contribution is -2.35. The summed E-state index contributed by atoms with van der Waals surface area (Å²) in [6, 6.07) is 15.2. The number of amides is 1. The van der Waals surface area contributed by atoms with Gasteiger partial charge in [-0.15, -0.1) is 0 Å².